The molecule has 1 saturated heterocycles. The molecule has 1 aliphatic rings. The van der Waals surface area contributed by atoms with Crippen molar-refractivity contribution in [1.82, 2.24) is 10.2 Å². The Morgan fingerprint density at radius 1 is 1.30 bits per heavy atom. The van der Waals surface area contributed by atoms with Crippen molar-refractivity contribution in [3.05, 3.63) is 33.4 Å². The maximum atomic E-state index is 12.7. The van der Waals surface area contributed by atoms with Gasteiger partial charge in [-0.05, 0) is 19.0 Å². The van der Waals surface area contributed by atoms with Crippen molar-refractivity contribution in [3.8, 4) is 6.07 Å². The van der Waals surface area contributed by atoms with Gasteiger partial charge >= 0.3 is 0 Å². The van der Waals surface area contributed by atoms with E-state index in [1.165, 1.54) is 12.1 Å². The summed E-state index contributed by atoms with van der Waals surface area (Å²) in [6.45, 7) is 5.60. The molecule has 1 heterocycles. The number of hydrogen-bond donors (Lipinski definition) is 1. The number of amides is 1. The van der Waals surface area contributed by atoms with E-state index in [0.29, 0.717) is 49.2 Å². The summed E-state index contributed by atoms with van der Waals surface area (Å²) in [6, 6.07) is 4.66. The third kappa shape index (κ3) is 6.91. The van der Waals surface area contributed by atoms with Crippen LogP contribution in [-0.2, 0) is 4.74 Å². The first-order valence-electron chi connectivity index (χ1n) is 9.69. The highest BCUT2D eigenvalue weighted by molar-refractivity contribution is 9.09. The van der Waals surface area contributed by atoms with Gasteiger partial charge in [0.15, 0.2) is 0 Å². The molecule has 1 amide bonds. The second kappa shape index (κ2) is 12.8. The maximum Gasteiger partial charge on any atom is 0.283 e. The van der Waals surface area contributed by atoms with Crippen LogP contribution in [-0.4, -0.2) is 78.9 Å². The Bertz CT molecular complexity index is 775. The van der Waals surface area contributed by atoms with E-state index < -0.39 is 10.8 Å². The number of halogens is 2. The van der Waals surface area contributed by atoms with Crippen molar-refractivity contribution >= 4 is 49.1 Å². The molecular formula is C19H25Br2N5O4. The number of carbonyl (C=O) groups is 1. The zero-order chi connectivity index (χ0) is 21.9. The van der Waals surface area contributed by atoms with E-state index in [2.05, 4.69) is 42.1 Å². The number of nitriles is 1. The summed E-state index contributed by atoms with van der Waals surface area (Å²) < 4.78 is 5.31. The van der Waals surface area contributed by atoms with Crippen LogP contribution in [0.5, 0.6) is 0 Å². The molecule has 2 rings (SSSR count). The molecule has 0 atom stereocenters. The summed E-state index contributed by atoms with van der Waals surface area (Å²) in [5.41, 5.74) is 0.293. The van der Waals surface area contributed by atoms with Gasteiger partial charge in [-0.3, -0.25) is 19.8 Å². The Hall–Kier alpha value is -1.74. The van der Waals surface area contributed by atoms with Crippen LogP contribution in [0.1, 0.15) is 22.3 Å². The highest BCUT2D eigenvalue weighted by atomic mass is 79.9. The van der Waals surface area contributed by atoms with Gasteiger partial charge in [-0.1, -0.05) is 31.9 Å². The summed E-state index contributed by atoms with van der Waals surface area (Å²) >= 11 is 6.77. The monoisotopic (exact) mass is 545 g/mol. The number of rotatable bonds is 11. The number of nitro groups is 1. The molecule has 1 fully saturated rings. The normalized spacial score (nSPS) is 14.2. The first kappa shape index (κ1) is 24.5. The lowest BCUT2D eigenvalue weighted by Crippen LogP contribution is -2.38. The number of anilines is 1. The molecule has 9 nitrogen and oxygen atoms in total. The lowest BCUT2D eigenvalue weighted by atomic mass is 10.0. The van der Waals surface area contributed by atoms with Gasteiger partial charge < -0.3 is 15.0 Å². The molecule has 0 bridgehead atoms. The average molecular weight is 547 g/mol. The third-order valence-electron chi connectivity index (χ3n) is 4.77. The number of alkyl halides is 2. The lowest BCUT2D eigenvalue weighted by molar-refractivity contribution is -0.385. The summed E-state index contributed by atoms with van der Waals surface area (Å²) in [5.74, 6) is -0.507. The number of benzene rings is 1. The highest BCUT2D eigenvalue weighted by Gasteiger charge is 2.25. The Morgan fingerprint density at radius 3 is 2.53 bits per heavy atom. The number of nitrogens with zero attached hydrogens (tertiary/aromatic N) is 4. The van der Waals surface area contributed by atoms with Gasteiger partial charge in [-0.2, -0.15) is 5.26 Å². The quantitative estimate of drug-likeness (QED) is 0.196. The van der Waals surface area contributed by atoms with E-state index in [9.17, 15) is 20.2 Å². The van der Waals surface area contributed by atoms with Gasteiger partial charge in [-0.25, -0.2) is 0 Å². The molecule has 164 valence electrons. The predicted molar refractivity (Wildman–Crippen MR) is 122 cm³/mol. The largest absolute Gasteiger partial charge is 0.379 e. The van der Waals surface area contributed by atoms with Gasteiger partial charge in [0.25, 0.3) is 11.6 Å². The smallest absolute Gasteiger partial charge is 0.283 e. The van der Waals surface area contributed by atoms with E-state index in [-0.39, 0.29) is 16.8 Å². The van der Waals surface area contributed by atoms with Gasteiger partial charge in [0.05, 0.1) is 29.4 Å². The third-order valence-corrected chi connectivity index (χ3v) is 5.48. The molecule has 0 aliphatic carbocycles. The van der Waals surface area contributed by atoms with Crippen molar-refractivity contribution < 1.29 is 14.5 Å². The van der Waals surface area contributed by atoms with Crippen LogP contribution >= 0.6 is 31.9 Å². The second-order valence-electron chi connectivity index (χ2n) is 6.68. The summed E-state index contributed by atoms with van der Waals surface area (Å²) in [5, 5.41) is 25.1. The minimum absolute atomic E-state index is 0.0329. The average Bonchev–Trinajstić information content (AvgIpc) is 2.76. The van der Waals surface area contributed by atoms with Crippen molar-refractivity contribution in [3.63, 3.8) is 0 Å². The fourth-order valence-electron chi connectivity index (χ4n) is 3.24. The number of ether oxygens (including phenoxy) is 1. The summed E-state index contributed by atoms with van der Waals surface area (Å²) in [6.07, 6.45) is 0.738. The van der Waals surface area contributed by atoms with Crippen molar-refractivity contribution in [1.29, 1.82) is 5.26 Å². The second-order valence-corrected chi connectivity index (χ2v) is 8.27. The first-order valence-corrected chi connectivity index (χ1v) is 11.9. The molecule has 1 aliphatic heterocycles. The predicted octanol–water partition coefficient (Wildman–Crippen LogP) is 2.51. The van der Waals surface area contributed by atoms with Crippen LogP contribution < -0.4 is 10.2 Å². The highest BCUT2D eigenvalue weighted by Crippen LogP contribution is 2.29. The Kier molecular flexibility index (Phi) is 10.5. The van der Waals surface area contributed by atoms with E-state index >= 15 is 0 Å². The van der Waals surface area contributed by atoms with Gasteiger partial charge in [0.1, 0.15) is 11.6 Å². The minimum Gasteiger partial charge on any atom is -0.379 e. The zero-order valence-electron chi connectivity index (χ0n) is 16.6. The molecule has 0 radical (unpaired) electrons. The van der Waals surface area contributed by atoms with Crippen LogP contribution in [0.4, 0.5) is 11.4 Å². The molecule has 1 aromatic carbocycles. The van der Waals surface area contributed by atoms with Crippen molar-refractivity contribution in [2.75, 3.05) is 68.0 Å². The van der Waals surface area contributed by atoms with Crippen LogP contribution in [0, 0.1) is 21.4 Å². The van der Waals surface area contributed by atoms with E-state index in [1.54, 1.807) is 0 Å². The fraction of sp³-hybridized carbons (Fsp3) is 0.579. The molecular weight excluding hydrogens is 522 g/mol. The standard InChI is InChI=1S/C19H25Br2N5O4/c20-2-6-25(7-3-21)17-13-16(18(26(28)29)12-15(17)14-22)19(27)23-4-1-5-24-8-10-30-11-9-24/h12-13H,1-11H2,(H,23,27). The number of morpholine rings is 1. The van der Waals surface area contributed by atoms with Gasteiger partial charge in [0, 0.05) is 49.5 Å². The Labute approximate surface area is 192 Å². The van der Waals surface area contributed by atoms with Crippen LogP contribution in [0.3, 0.4) is 0 Å². The molecule has 1 aromatic rings. The molecule has 30 heavy (non-hydrogen) atoms. The summed E-state index contributed by atoms with van der Waals surface area (Å²) in [4.78, 5) is 27.8. The Balaban J connectivity index is 2.16. The molecule has 0 unspecified atom stereocenters. The SMILES string of the molecule is N#Cc1cc([N+](=O)[O-])c(C(=O)NCCCN2CCOCC2)cc1N(CCBr)CCBr. The summed E-state index contributed by atoms with van der Waals surface area (Å²) in [7, 11) is 0. The molecule has 11 heteroatoms. The number of carbonyl (C=O) groups excluding carboxylic acids is 1. The topological polar surface area (TPSA) is 112 Å². The van der Waals surface area contributed by atoms with E-state index in [1.807, 2.05) is 11.0 Å². The van der Waals surface area contributed by atoms with E-state index in [4.69, 9.17) is 4.74 Å². The van der Waals surface area contributed by atoms with Gasteiger partial charge in [-0.15, -0.1) is 0 Å². The van der Waals surface area contributed by atoms with E-state index in [0.717, 1.165) is 26.1 Å². The van der Waals surface area contributed by atoms with Gasteiger partial charge in [0.2, 0.25) is 0 Å². The minimum atomic E-state index is -0.618. The fourth-order valence-corrected chi connectivity index (χ4v) is 4.10. The number of nitro benzene ring substituents is 1. The van der Waals surface area contributed by atoms with Crippen molar-refractivity contribution in [2.24, 2.45) is 0 Å². The van der Waals surface area contributed by atoms with Crippen LogP contribution in [0.2, 0.25) is 0 Å². The lowest BCUT2D eigenvalue weighted by Gasteiger charge is -2.26. The number of nitrogens with one attached hydrogen (secondary N) is 1. The first-order chi connectivity index (χ1) is 14.5. The van der Waals surface area contributed by atoms with Crippen molar-refractivity contribution in [2.45, 2.75) is 6.42 Å². The molecule has 0 aromatic heterocycles. The maximum absolute atomic E-state index is 12.7. The molecule has 0 saturated carbocycles. The Morgan fingerprint density at radius 2 is 1.97 bits per heavy atom. The zero-order valence-corrected chi connectivity index (χ0v) is 19.8. The van der Waals surface area contributed by atoms with Crippen LogP contribution in [0.15, 0.2) is 12.1 Å². The molecule has 1 N–H and O–H groups in total. The van der Waals surface area contributed by atoms with Crippen LogP contribution in [0.25, 0.3) is 0 Å². The number of hydrogen-bond acceptors (Lipinski definition) is 7. The molecule has 0 spiro atoms.